The van der Waals surface area contributed by atoms with E-state index < -0.39 is 11.9 Å². The number of fused-ring (bicyclic) bond motifs is 1. The molecule has 37 heavy (non-hydrogen) atoms. The van der Waals surface area contributed by atoms with Crippen LogP contribution in [0, 0.1) is 10.1 Å². The number of aryl methyl sites for hydroxylation is 1. The smallest absolute Gasteiger partial charge is 0.334 e. The first kappa shape index (κ1) is 22.0. The third-order valence-corrected chi connectivity index (χ3v) is 6.18. The Kier molecular flexibility index (Phi) is 6.41. The van der Waals surface area contributed by atoms with Gasteiger partial charge in [0.15, 0.2) is 0 Å². The number of benzene rings is 2. The standard InChI is InChI=1S/C26H31N7O4/c1-6-31-19-9-7-8-10-20(19)32(26(31)34)25-11-12-27-24(28-25)16-18-15-22(33(35)36)21(17-23(18)37-5)30(4)14-13-29(2)3/h7-12,15,17H,6,13-14,16H2,1-5H3/i2D3. The molecule has 0 radical (unpaired) electrons. The molecule has 0 saturated heterocycles. The second kappa shape index (κ2) is 10.8. The quantitative estimate of drug-likeness (QED) is 0.237. The summed E-state index contributed by atoms with van der Waals surface area (Å²) in [7, 11) is 4.60. The molecule has 2 aromatic carbocycles. The molecular formula is C26H31N7O4. The first-order valence-corrected chi connectivity index (χ1v) is 11.8. The summed E-state index contributed by atoms with van der Waals surface area (Å²) in [6.07, 6.45) is 1.66. The number of nitro benzene ring substituents is 1. The van der Waals surface area contributed by atoms with Crippen LogP contribution in [-0.2, 0) is 13.0 Å². The van der Waals surface area contributed by atoms with E-state index in [1.807, 2.05) is 31.2 Å². The molecule has 0 N–H and O–H groups in total. The predicted molar refractivity (Wildman–Crippen MR) is 143 cm³/mol. The van der Waals surface area contributed by atoms with Crippen LogP contribution >= 0.6 is 0 Å². The molecular weight excluding hydrogens is 474 g/mol. The number of ether oxygens (including phenoxy) is 1. The lowest BCUT2D eigenvalue weighted by molar-refractivity contribution is -0.384. The van der Waals surface area contributed by atoms with Crippen molar-refractivity contribution in [3.05, 3.63) is 80.6 Å². The van der Waals surface area contributed by atoms with E-state index in [1.54, 1.807) is 34.8 Å². The van der Waals surface area contributed by atoms with Gasteiger partial charge in [0.05, 0.1) is 23.1 Å². The highest BCUT2D eigenvalue weighted by atomic mass is 16.6. The van der Waals surface area contributed by atoms with E-state index in [0.29, 0.717) is 35.0 Å². The number of rotatable bonds is 10. The summed E-state index contributed by atoms with van der Waals surface area (Å²) in [5, 5.41) is 12.0. The maximum Gasteiger partial charge on any atom is 0.334 e. The molecule has 194 valence electrons. The highest BCUT2D eigenvalue weighted by Crippen LogP contribution is 2.35. The summed E-state index contributed by atoms with van der Waals surface area (Å²) in [4.78, 5) is 36.5. The Balaban J connectivity index is 1.69. The van der Waals surface area contributed by atoms with Crippen molar-refractivity contribution in [2.75, 3.05) is 46.2 Å². The van der Waals surface area contributed by atoms with Gasteiger partial charge in [0.25, 0.3) is 5.69 Å². The van der Waals surface area contributed by atoms with Crippen molar-refractivity contribution in [1.82, 2.24) is 24.0 Å². The lowest BCUT2D eigenvalue weighted by Gasteiger charge is -2.22. The zero-order valence-electron chi connectivity index (χ0n) is 24.2. The van der Waals surface area contributed by atoms with Crippen LogP contribution in [0.2, 0.25) is 0 Å². The molecule has 2 aromatic heterocycles. The van der Waals surface area contributed by atoms with Gasteiger partial charge in [-0.25, -0.2) is 19.3 Å². The predicted octanol–water partition coefficient (Wildman–Crippen LogP) is 3.11. The summed E-state index contributed by atoms with van der Waals surface area (Å²) in [5.41, 5.74) is 1.90. The second-order valence-corrected chi connectivity index (χ2v) is 8.61. The SMILES string of the molecule is [2H]C([2H])([2H])N(C)CCN(C)c1cc(OC)c(Cc2nccc(-n3c(=O)n(CC)c4ccccc43)n2)cc1[N+](=O)[O-]. The zero-order chi connectivity index (χ0) is 29.2. The Hall–Kier alpha value is -4.25. The Morgan fingerprint density at radius 1 is 1.16 bits per heavy atom. The Morgan fingerprint density at radius 3 is 2.59 bits per heavy atom. The summed E-state index contributed by atoms with van der Waals surface area (Å²) >= 11 is 0. The van der Waals surface area contributed by atoms with Gasteiger partial charge in [-0.1, -0.05) is 12.1 Å². The molecule has 0 atom stereocenters. The monoisotopic (exact) mass is 508 g/mol. The third kappa shape index (κ3) is 5.17. The third-order valence-electron chi connectivity index (χ3n) is 6.18. The topological polar surface area (TPSA) is 112 Å². The van der Waals surface area contributed by atoms with Crippen molar-refractivity contribution in [1.29, 1.82) is 0 Å². The Labute approximate surface area is 218 Å². The largest absolute Gasteiger partial charge is 0.496 e. The van der Waals surface area contributed by atoms with E-state index in [-0.39, 0.29) is 36.6 Å². The maximum atomic E-state index is 13.2. The van der Waals surface area contributed by atoms with Crippen molar-refractivity contribution in [2.24, 2.45) is 0 Å². The summed E-state index contributed by atoms with van der Waals surface area (Å²) in [5.74, 6) is 1.14. The second-order valence-electron chi connectivity index (χ2n) is 8.61. The van der Waals surface area contributed by atoms with Crippen molar-refractivity contribution < 1.29 is 13.8 Å². The molecule has 0 amide bonds. The van der Waals surface area contributed by atoms with Gasteiger partial charge in [0.2, 0.25) is 0 Å². The number of para-hydroxylation sites is 2. The van der Waals surface area contributed by atoms with Gasteiger partial charge in [0, 0.05) is 61.1 Å². The minimum atomic E-state index is -2.26. The molecule has 0 bridgehead atoms. The molecule has 0 fully saturated rings. The minimum absolute atomic E-state index is 0.116. The van der Waals surface area contributed by atoms with Gasteiger partial charge < -0.3 is 14.5 Å². The number of methoxy groups -OCH3 is 1. The average molecular weight is 509 g/mol. The molecule has 4 rings (SSSR count). The fourth-order valence-electron chi connectivity index (χ4n) is 4.31. The normalized spacial score (nSPS) is 12.8. The van der Waals surface area contributed by atoms with Crippen LogP contribution in [0.5, 0.6) is 5.75 Å². The number of likely N-dealkylation sites (N-methyl/N-ethyl adjacent to an activating group) is 2. The Bertz CT molecular complexity index is 1600. The number of hydrogen-bond donors (Lipinski definition) is 0. The number of hydrogen-bond acceptors (Lipinski definition) is 8. The summed E-state index contributed by atoms with van der Waals surface area (Å²) in [6, 6.07) is 12.1. The molecule has 0 saturated carbocycles. The lowest BCUT2D eigenvalue weighted by Crippen LogP contribution is -2.29. The van der Waals surface area contributed by atoms with E-state index in [9.17, 15) is 14.9 Å². The highest BCUT2D eigenvalue weighted by molar-refractivity contribution is 5.77. The number of nitrogens with zero attached hydrogens (tertiary/aromatic N) is 7. The van der Waals surface area contributed by atoms with Crippen LogP contribution in [0.3, 0.4) is 0 Å². The molecule has 2 heterocycles. The number of nitro groups is 1. The fraction of sp³-hybridized carbons (Fsp3) is 0.346. The van der Waals surface area contributed by atoms with E-state index in [1.165, 1.54) is 29.7 Å². The minimum Gasteiger partial charge on any atom is -0.496 e. The Morgan fingerprint density at radius 2 is 1.92 bits per heavy atom. The number of aromatic nitrogens is 4. The first-order chi connectivity index (χ1) is 19.0. The van der Waals surface area contributed by atoms with E-state index >= 15 is 0 Å². The van der Waals surface area contributed by atoms with Gasteiger partial charge >= 0.3 is 5.69 Å². The zero-order valence-corrected chi connectivity index (χ0v) is 21.2. The molecule has 0 aliphatic rings. The van der Waals surface area contributed by atoms with Gasteiger partial charge in [-0.15, -0.1) is 0 Å². The average Bonchev–Trinajstić information content (AvgIpc) is 3.21. The molecule has 0 aliphatic heterocycles. The first-order valence-electron chi connectivity index (χ1n) is 13.3. The van der Waals surface area contributed by atoms with Crippen LogP contribution in [0.4, 0.5) is 11.4 Å². The molecule has 11 nitrogen and oxygen atoms in total. The van der Waals surface area contributed by atoms with Crippen molar-refractivity contribution in [3.8, 4) is 11.6 Å². The van der Waals surface area contributed by atoms with Gasteiger partial charge in [-0.3, -0.25) is 14.7 Å². The van der Waals surface area contributed by atoms with Crippen molar-refractivity contribution in [3.63, 3.8) is 0 Å². The lowest BCUT2D eigenvalue weighted by atomic mass is 10.1. The number of imidazole rings is 1. The van der Waals surface area contributed by atoms with Crippen LogP contribution in [0.15, 0.2) is 53.5 Å². The van der Waals surface area contributed by atoms with E-state index in [2.05, 4.69) is 9.97 Å². The summed E-state index contributed by atoms with van der Waals surface area (Å²) in [6.45, 7) is 0.541. The molecule has 0 spiro atoms. The number of anilines is 1. The molecule has 4 aromatic rings. The van der Waals surface area contributed by atoms with Gasteiger partial charge in [0.1, 0.15) is 23.1 Å². The van der Waals surface area contributed by atoms with E-state index in [0.717, 1.165) is 5.52 Å². The fourth-order valence-corrected chi connectivity index (χ4v) is 4.31. The van der Waals surface area contributed by atoms with Crippen LogP contribution in [-0.4, -0.2) is 70.2 Å². The molecule has 11 heteroatoms. The molecule has 0 unspecified atom stereocenters. The maximum absolute atomic E-state index is 13.2. The van der Waals surface area contributed by atoms with Crippen LogP contribution in [0.25, 0.3) is 16.9 Å². The van der Waals surface area contributed by atoms with Crippen LogP contribution in [0.1, 0.15) is 22.4 Å². The van der Waals surface area contributed by atoms with E-state index in [4.69, 9.17) is 8.85 Å². The van der Waals surface area contributed by atoms with Gasteiger partial charge in [-0.2, -0.15) is 0 Å². The van der Waals surface area contributed by atoms with Crippen molar-refractivity contribution in [2.45, 2.75) is 19.9 Å². The van der Waals surface area contributed by atoms with Crippen molar-refractivity contribution >= 4 is 22.4 Å². The van der Waals surface area contributed by atoms with Crippen LogP contribution < -0.4 is 15.3 Å². The summed E-state index contributed by atoms with van der Waals surface area (Å²) < 4.78 is 31.3. The highest BCUT2D eigenvalue weighted by Gasteiger charge is 2.23. The van der Waals surface area contributed by atoms with Gasteiger partial charge in [-0.05, 0) is 39.1 Å². The molecule has 0 aliphatic carbocycles.